The maximum Gasteiger partial charge on any atom is 0.340 e. The van der Waals surface area contributed by atoms with Gasteiger partial charge in [0.15, 0.2) is 11.9 Å². The summed E-state index contributed by atoms with van der Waals surface area (Å²) in [6.07, 6.45) is 0.558. The standard InChI is InChI=1S/C20H17Cl2N3O5S/c1-10(18-23-16-5-3-2-4-12(16)19(26)24-18)30-20(27)13-8-17(15(22)9-14(13)21)31(28,29)25-11-6-7-11/h2-5,8-11,25H,6-7H2,1H3,(H,23,24,26). The van der Waals surface area contributed by atoms with E-state index in [9.17, 15) is 18.0 Å². The van der Waals surface area contributed by atoms with Crippen LogP contribution in [0.5, 0.6) is 0 Å². The molecule has 0 spiro atoms. The van der Waals surface area contributed by atoms with Gasteiger partial charge in [0.2, 0.25) is 10.0 Å². The molecule has 8 nitrogen and oxygen atoms in total. The van der Waals surface area contributed by atoms with Gasteiger partial charge in [0.05, 0.1) is 26.5 Å². The molecule has 4 rings (SSSR count). The van der Waals surface area contributed by atoms with Crippen LogP contribution >= 0.6 is 23.2 Å². The third-order valence-corrected chi connectivity index (χ3v) is 7.03. The SMILES string of the molecule is CC(OC(=O)c1cc(S(=O)(=O)NC2CC2)c(Cl)cc1Cl)c1nc2ccccc2c(=O)[nH]1. The van der Waals surface area contributed by atoms with E-state index in [1.165, 1.54) is 13.0 Å². The highest BCUT2D eigenvalue weighted by Crippen LogP contribution is 2.31. The molecule has 1 unspecified atom stereocenters. The van der Waals surface area contributed by atoms with Crippen LogP contribution in [0.2, 0.25) is 10.0 Å². The molecule has 2 aromatic carbocycles. The Balaban J connectivity index is 1.62. The fourth-order valence-electron chi connectivity index (χ4n) is 2.95. The van der Waals surface area contributed by atoms with Crippen LogP contribution in [0.25, 0.3) is 10.9 Å². The van der Waals surface area contributed by atoms with E-state index in [0.29, 0.717) is 10.9 Å². The van der Waals surface area contributed by atoms with Crippen molar-refractivity contribution in [3.63, 3.8) is 0 Å². The zero-order valence-electron chi connectivity index (χ0n) is 16.2. The Morgan fingerprint density at radius 3 is 2.65 bits per heavy atom. The van der Waals surface area contributed by atoms with Crippen LogP contribution in [0.4, 0.5) is 0 Å². The van der Waals surface area contributed by atoms with E-state index in [0.717, 1.165) is 18.9 Å². The molecule has 0 saturated heterocycles. The van der Waals surface area contributed by atoms with Crippen molar-refractivity contribution < 1.29 is 17.9 Å². The van der Waals surface area contributed by atoms with Gasteiger partial charge in [-0.05, 0) is 44.0 Å². The maximum absolute atomic E-state index is 12.7. The first-order chi connectivity index (χ1) is 14.7. The summed E-state index contributed by atoms with van der Waals surface area (Å²) in [6, 6.07) is 8.89. The van der Waals surface area contributed by atoms with E-state index in [-0.39, 0.29) is 37.9 Å². The fourth-order valence-corrected chi connectivity index (χ4v) is 5.11. The molecule has 0 bridgehead atoms. The highest BCUT2D eigenvalue weighted by atomic mass is 35.5. The minimum absolute atomic E-state index is 0.0625. The monoisotopic (exact) mass is 481 g/mol. The number of carbonyl (C=O) groups is 1. The molecule has 1 fully saturated rings. The van der Waals surface area contributed by atoms with Crippen molar-refractivity contribution in [3.8, 4) is 0 Å². The van der Waals surface area contributed by atoms with Gasteiger partial charge < -0.3 is 9.72 Å². The van der Waals surface area contributed by atoms with Crippen molar-refractivity contribution in [2.45, 2.75) is 36.8 Å². The Labute approximate surface area is 187 Å². The lowest BCUT2D eigenvalue weighted by Gasteiger charge is -2.15. The zero-order chi connectivity index (χ0) is 22.3. The van der Waals surface area contributed by atoms with Gasteiger partial charge in [-0.15, -0.1) is 0 Å². The third kappa shape index (κ3) is 4.59. The van der Waals surface area contributed by atoms with Crippen molar-refractivity contribution in [1.29, 1.82) is 0 Å². The van der Waals surface area contributed by atoms with Crippen molar-refractivity contribution in [3.05, 3.63) is 68.2 Å². The molecule has 1 saturated carbocycles. The second-order valence-corrected chi connectivity index (χ2v) is 9.67. The summed E-state index contributed by atoms with van der Waals surface area (Å²) in [5.74, 6) is -0.738. The van der Waals surface area contributed by atoms with Gasteiger partial charge in [0.1, 0.15) is 4.90 Å². The highest BCUT2D eigenvalue weighted by Gasteiger charge is 2.31. The molecular formula is C20H17Cl2N3O5S. The number of H-pyrrole nitrogens is 1. The number of sulfonamides is 1. The topological polar surface area (TPSA) is 118 Å². The minimum Gasteiger partial charge on any atom is -0.451 e. The van der Waals surface area contributed by atoms with Gasteiger partial charge in [-0.2, -0.15) is 0 Å². The second kappa shape index (κ2) is 8.23. The highest BCUT2D eigenvalue weighted by molar-refractivity contribution is 7.89. The van der Waals surface area contributed by atoms with Gasteiger partial charge in [-0.1, -0.05) is 35.3 Å². The Morgan fingerprint density at radius 2 is 1.94 bits per heavy atom. The van der Waals surface area contributed by atoms with Gasteiger partial charge in [-0.3, -0.25) is 4.79 Å². The van der Waals surface area contributed by atoms with E-state index < -0.39 is 22.1 Å². The first-order valence-electron chi connectivity index (χ1n) is 9.37. The molecule has 1 aliphatic carbocycles. The van der Waals surface area contributed by atoms with Crippen LogP contribution in [0.3, 0.4) is 0 Å². The fraction of sp³-hybridized carbons (Fsp3) is 0.250. The summed E-state index contributed by atoms with van der Waals surface area (Å²) >= 11 is 12.2. The number of fused-ring (bicyclic) bond motifs is 1. The number of para-hydroxylation sites is 1. The molecule has 1 aliphatic rings. The number of ether oxygens (including phenoxy) is 1. The lowest BCUT2D eigenvalue weighted by atomic mass is 10.2. The number of nitrogens with zero attached hydrogens (tertiary/aromatic N) is 1. The molecule has 1 atom stereocenters. The molecule has 1 heterocycles. The Morgan fingerprint density at radius 1 is 1.23 bits per heavy atom. The number of halogens is 2. The van der Waals surface area contributed by atoms with Crippen molar-refractivity contribution in [2.24, 2.45) is 0 Å². The molecule has 1 aromatic heterocycles. The molecule has 0 radical (unpaired) electrons. The quantitative estimate of drug-likeness (QED) is 0.519. The van der Waals surface area contributed by atoms with Crippen LogP contribution < -0.4 is 10.3 Å². The Kier molecular flexibility index (Phi) is 5.78. The Hall–Kier alpha value is -2.46. The minimum atomic E-state index is -3.92. The van der Waals surface area contributed by atoms with E-state index in [1.807, 2.05) is 0 Å². The summed E-state index contributed by atoms with van der Waals surface area (Å²) in [7, 11) is -3.92. The number of esters is 1. The molecule has 3 aromatic rings. The smallest absolute Gasteiger partial charge is 0.340 e. The van der Waals surface area contributed by atoms with Crippen LogP contribution in [0.1, 0.15) is 42.1 Å². The summed E-state index contributed by atoms with van der Waals surface area (Å²) < 4.78 is 33.0. The molecule has 162 valence electrons. The number of nitrogens with one attached hydrogen (secondary N) is 2. The van der Waals surface area contributed by atoms with E-state index >= 15 is 0 Å². The summed E-state index contributed by atoms with van der Waals surface area (Å²) in [6.45, 7) is 1.53. The number of aromatic nitrogens is 2. The maximum atomic E-state index is 12.7. The summed E-state index contributed by atoms with van der Waals surface area (Å²) in [4.78, 5) is 31.6. The first-order valence-corrected chi connectivity index (χ1v) is 11.6. The normalized spacial score (nSPS) is 15.1. The number of hydrogen-bond acceptors (Lipinski definition) is 6. The van der Waals surface area contributed by atoms with Gasteiger partial charge in [0.25, 0.3) is 5.56 Å². The molecular weight excluding hydrogens is 465 g/mol. The van der Waals surface area contributed by atoms with Crippen LogP contribution in [-0.2, 0) is 14.8 Å². The Bertz CT molecular complexity index is 1350. The summed E-state index contributed by atoms with van der Waals surface area (Å²) in [5, 5.41) is 0.236. The molecule has 2 N–H and O–H groups in total. The number of aromatic amines is 1. The van der Waals surface area contributed by atoms with Gasteiger partial charge in [-0.25, -0.2) is 22.9 Å². The van der Waals surface area contributed by atoms with E-state index in [2.05, 4.69) is 14.7 Å². The van der Waals surface area contributed by atoms with E-state index in [4.69, 9.17) is 27.9 Å². The molecule has 31 heavy (non-hydrogen) atoms. The average molecular weight is 482 g/mol. The molecule has 11 heteroatoms. The van der Waals surface area contributed by atoms with Crippen LogP contribution in [-0.4, -0.2) is 30.4 Å². The predicted octanol–water partition coefficient (Wildman–Crippen LogP) is 3.59. The van der Waals surface area contributed by atoms with Gasteiger partial charge in [0, 0.05) is 6.04 Å². The zero-order valence-corrected chi connectivity index (χ0v) is 18.5. The number of carbonyl (C=O) groups excluding carboxylic acids is 1. The second-order valence-electron chi connectivity index (χ2n) is 7.17. The third-order valence-electron chi connectivity index (χ3n) is 4.73. The van der Waals surface area contributed by atoms with Crippen molar-refractivity contribution in [1.82, 2.24) is 14.7 Å². The number of rotatable bonds is 6. The number of hydrogen-bond donors (Lipinski definition) is 2. The lowest BCUT2D eigenvalue weighted by Crippen LogP contribution is -2.26. The predicted molar refractivity (Wildman–Crippen MR) is 116 cm³/mol. The van der Waals surface area contributed by atoms with Crippen LogP contribution in [0.15, 0.2) is 46.1 Å². The van der Waals surface area contributed by atoms with Crippen molar-refractivity contribution >= 4 is 50.1 Å². The average Bonchev–Trinajstić information content (AvgIpc) is 3.50. The van der Waals surface area contributed by atoms with Crippen molar-refractivity contribution in [2.75, 3.05) is 0 Å². The van der Waals surface area contributed by atoms with E-state index in [1.54, 1.807) is 24.3 Å². The molecule has 0 amide bonds. The molecule has 0 aliphatic heterocycles. The number of benzene rings is 2. The van der Waals surface area contributed by atoms with Gasteiger partial charge >= 0.3 is 5.97 Å². The van der Waals surface area contributed by atoms with Crippen LogP contribution in [0, 0.1) is 0 Å². The largest absolute Gasteiger partial charge is 0.451 e. The summed E-state index contributed by atoms with van der Waals surface area (Å²) in [5.41, 5.74) is -0.0852. The first kappa shape index (κ1) is 21.8. The lowest BCUT2D eigenvalue weighted by molar-refractivity contribution is 0.0320.